The molecule has 96 valence electrons. The molecule has 4 heteroatoms. The molecule has 0 spiro atoms. The number of carbonyl (C=O) groups excluding carboxylic acids is 1. The normalized spacial score (nSPS) is 16.4. The molecule has 0 unspecified atom stereocenters. The van der Waals surface area contributed by atoms with Gasteiger partial charge in [0, 0.05) is 12.6 Å². The maximum atomic E-state index is 11.7. The first-order valence-corrected chi connectivity index (χ1v) is 6.51. The number of nitrogens with one attached hydrogen (secondary N) is 1. The molecule has 1 rings (SSSR count). The van der Waals surface area contributed by atoms with Gasteiger partial charge in [-0.2, -0.15) is 5.26 Å². The highest BCUT2D eigenvalue weighted by molar-refractivity contribution is 5.78. The van der Waals surface area contributed by atoms with Gasteiger partial charge < -0.3 is 5.32 Å². The number of nitriles is 1. The fourth-order valence-electron chi connectivity index (χ4n) is 2.23. The van der Waals surface area contributed by atoms with Crippen molar-refractivity contribution >= 4 is 5.91 Å². The quantitative estimate of drug-likeness (QED) is 0.713. The van der Waals surface area contributed by atoms with Crippen LogP contribution in [0.1, 0.15) is 39.5 Å². The van der Waals surface area contributed by atoms with Gasteiger partial charge in [-0.05, 0) is 18.8 Å². The second kappa shape index (κ2) is 7.29. The van der Waals surface area contributed by atoms with E-state index in [1.807, 2.05) is 4.90 Å². The topological polar surface area (TPSA) is 56.1 Å². The van der Waals surface area contributed by atoms with Crippen molar-refractivity contribution in [2.45, 2.75) is 45.6 Å². The zero-order valence-electron chi connectivity index (χ0n) is 10.9. The van der Waals surface area contributed by atoms with Crippen molar-refractivity contribution in [2.24, 2.45) is 5.92 Å². The Labute approximate surface area is 104 Å². The summed E-state index contributed by atoms with van der Waals surface area (Å²) >= 11 is 0. The molecule has 1 saturated carbocycles. The first kappa shape index (κ1) is 14.0. The third kappa shape index (κ3) is 5.18. The van der Waals surface area contributed by atoms with Gasteiger partial charge in [-0.3, -0.25) is 9.69 Å². The summed E-state index contributed by atoms with van der Waals surface area (Å²) in [7, 11) is 0. The Balaban J connectivity index is 2.37. The molecule has 0 aliphatic heterocycles. The first-order chi connectivity index (χ1) is 8.13. The number of hydrogen-bond acceptors (Lipinski definition) is 3. The van der Waals surface area contributed by atoms with Crippen LogP contribution in [0.2, 0.25) is 0 Å². The molecule has 0 radical (unpaired) electrons. The molecule has 0 aromatic rings. The lowest BCUT2D eigenvalue weighted by atomic mass is 10.2. The predicted molar refractivity (Wildman–Crippen MR) is 67.3 cm³/mol. The lowest BCUT2D eigenvalue weighted by Crippen LogP contribution is -2.43. The standard InChI is InChI=1S/C13H23N3O/c1-11(2)9-15-13(17)10-16(8-7-14)12-5-3-4-6-12/h11-12H,3-6,8-10H2,1-2H3,(H,15,17). The fraction of sp³-hybridized carbons (Fsp3) is 0.846. The Morgan fingerprint density at radius 3 is 2.65 bits per heavy atom. The van der Waals surface area contributed by atoms with E-state index < -0.39 is 0 Å². The average Bonchev–Trinajstić information content (AvgIpc) is 2.79. The highest BCUT2D eigenvalue weighted by atomic mass is 16.2. The molecule has 0 atom stereocenters. The van der Waals surface area contributed by atoms with Gasteiger partial charge in [0.05, 0.1) is 19.2 Å². The van der Waals surface area contributed by atoms with Gasteiger partial charge >= 0.3 is 0 Å². The van der Waals surface area contributed by atoms with E-state index in [4.69, 9.17) is 5.26 Å². The molecular formula is C13H23N3O. The fourth-order valence-corrected chi connectivity index (χ4v) is 2.23. The molecule has 17 heavy (non-hydrogen) atoms. The molecular weight excluding hydrogens is 214 g/mol. The van der Waals surface area contributed by atoms with Gasteiger partial charge in [0.2, 0.25) is 5.91 Å². The Kier molecular flexibility index (Phi) is 5.99. The summed E-state index contributed by atoms with van der Waals surface area (Å²) in [4.78, 5) is 13.7. The third-order valence-corrected chi connectivity index (χ3v) is 3.17. The van der Waals surface area contributed by atoms with Gasteiger partial charge in [-0.15, -0.1) is 0 Å². The second-order valence-electron chi connectivity index (χ2n) is 5.20. The van der Waals surface area contributed by atoms with Gasteiger partial charge in [-0.25, -0.2) is 0 Å². The van der Waals surface area contributed by atoms with Crippen LogP contribution in [0.3, 0.4) is 0 Å². The zero-order chi connectivity index (χ0) is 12.7. The molecule has 0 bridgehead atoms. The van der Waals surface area contributed by atoms with Crippen molar-refractivity contribution in [3.8, 4) is 6.07 Å². The van der Waals surface area contributed by atoms with E-state index in [9.17, 15) is 4.79 Å². The van der Waals surface area contributed by atoms with Crippen LogP contribution in [-0.2, 0) is 4.79 Å². The monoisotopic (exact) mass is 237 g/mol. The average molecular weight is 237 g/mol. The van der Waals surface area contributed by atoms with Crippen LogP contribution >= 0.6 is 0 Å². The second-order valence-corrected chi connectivity index (χ2v) is 5.20. The maximum absolute atomic E-state index is 11.7. The van der Waals surface area contributed by atoms with Crippen molar-refractivity contribution in [2.75, 3.05) is 19.6 Å². The van der Waals surface area contributed by atoms with Crippen LogP contribution in [0.4, 0.5) is 0 Å². The minimum absolute atomic E-state index is 0.0425. The van der Waals surface area contributed by atoms with E-state index in [-0.39, 0.29) is 5.91 Å². The Hall–Kier alpha value is -1.08. The van der Waals surface area contributed by atoms with Gasteiger partial charge in [-0.1, -0.05) is 26.7 Å². The molecule has 4 nitrogen and oxygen atoms in total. The predicted octanol–water partition coefficient (Wildman–Crippen LogP) is 1.53. The Bertz CT molecular complexity index is 277. The van der Waals surface area contributed by atoms with Crippen LogP contribution in [-0.4, -0.2) is 36.5 Å². The summed E-state index contributed by atoms with van der Waals surface area (Å²) in [6.45, 7) is 5.59. The largest absolute Gasteiger partial charge is 0.355 e. The van der Waals surface area contributed by atoms with Crippen molar-refractivity contribution in [1.82, 2.24) is 10.2 Å². The van der Waals surface area contributed by atoms with E-state index in [1.54, 1.807) is 0 Å². The molecule has 0 aromatic heterocycles. The van der Waals surface area contributed by atoms with E-state index in [1.165, 1.54) is 12.8 Å². The number of hydrogen-bond donors (Lipinski definition) is 1. The lowest BCUT2D eigenvalue weighted by molar-refractivity contribution is -0.122. The summed E-state index contributed by atoms with van der Waals surface area (Å²) in [6.07, 6.45) is 4.69. The zero-order valence-corrected chi connectivity index (χ0v) is 10.9. The molecule has 0 aromatic carbocycles. The molecule has 1 aliphatic carbocycles. The third-order valence-electron chi connectivity index (χ3n) is 3.17. The molecule has 1 N–H and O–H groups in total. The van der Waals surface area contributed by atoms with Crippen molar-refractivity contribution < 1.29 is 4.79 Å². The van der Waals surface area contributed by atoms with Crippen LogP contribution in [0, 0.1) is 17.2 Å². The SMILES string of the molecule is CC(C)CNC(=O)CN(CC#N)C1CCCC1. The smallest absolute Gasteiger partial charge is 0.234 e. The van der Waals surface area contributed by atoms with Gasteiger partial charge in [0.25, 0.3) is 0 Å². The number of amides is 1. The maximum Gasteiger partial charge on any atom is 0.234 e. The Morgan fingerprint density at radius 1 is 1.47 bits per heavy atom. The molecule has 1 aliphatic rings. The summed E-state index contributed by atoms with van der Waals surface area (Å²) < 4.78 is 0. The highest BCUT2D eigenvalue weighted by Crippen LogP contribution is 2.22. The Morgan fingerprint density at radius 2 is 2.12 bits per heavy atom. The summed E-state index contributed by atoms with van der Waals surface area (Å²) in [5.41, 5.74) is 0. The molecule has 1 fully saturated rings. The first-order valence-electron chi connectivity index (χ1n) is 6.51. The minimum Gasteiger partial charge on any atom is -0.355 e. The summed E-state index contributed by atoms with van der Waals surface area (Å²) in [6, 6.07) is 2.59. The molecule has 1 amide bonds. The van der Waals surface area contributed by atoms with Gasteiger partial charge in [0.1, 0.15) is 0 Å². The van der Waals surface area contributed by atoms with E-state index in [2.05, 4.69) is 25.2 Å². The lowest BCUT2D eigenvalue weighted by Gasteiger charge is -2.25. The number of carbonyl (C=O) groups is 1. The highest BCUT2D eigenvalue weighted by Gasteiger charge is 2.23. The van der Waals surface area contributed by atoms with Crippen molar-refractivity contribution in [3.63, 3.8) is 0 Å². The van der Waals surface area contributed by atoms with Crippen LogP contribution in [0.25, 0.3) is 0 Å². The van der Waals surface area contributed by atoms with Crippen LogP contribution < -0.4 is 5.32 Å². The summed E-state index contributed by atoms with van der Waals surface area (Å²) in [5, 5.41) is 11.7. The van der Waals surface area contributed by atoms with Crippen LogP contribution in [0.15, 0.2) is 0 Å². The molecule has 0 heterocycles. The summed E-state index contributed by atoms with van der Waals surface area (Å²) in [5.74, 6) is 0.510. The van der Waals surface area contributed by atoms with Crippen molar-refractivity contribution in [3.05, 3.63) is 0 Å². The molecule has 0 saturated heterocycles. The van der Waals surface area contributed by atoms with E-state index >= 15 is 0 Å². The van der Waals surface area contributed by atoms with Crippen molar-refractivity contribution in [1.29, 1.82) is 5.26 Å². The van der Waals surface area contributed by atoms with E-state index in [0.717, 1.165) is 12.8 Å². The van der Waals surface area contributed by atoms with E-state index in [0.29, 0.717) is 31.6 Å². The van der Waals surface area contributed by atoms with Crippen LogP contribution in [0.5, 0.6) is 0 Å². The number of rotatable bonds is 6. The number of nitrogens with zero attached hydrogens (tertiary/aromatic N) is 2. The van der Waals surface area contributed by atoms with Gasteiger partial charge in [0.15, 0.2) is 0 Å². The minimum atomic E-state index is 0.0425.